The minimum absolute atomic E-state index is 0.194. The number of ether oxygens (including phenoxy) is 1. The molecular formula is C19H25FN2O6S. The lowest BCUT2D eigenvalue weighted by Gasteiger charge is -2.39. The molecule has 1 aromatic carbocycles. The van der Waals surface area contributed by atoms with E-state index in [1.165, 1.54) is 20.8 Å². The quantitative estimate of drug-likeness (QED) is 0.747. The Bertz CT molecular complexity index is 994. The van der Waals surface area contributed by atoms with Crippen LogP contribution in [0.15, 0.2) is 23.2 Å². The van der Waals surface area contributed by atoms with E-state index < -0.39 is 49.4 Å². The fourth-order valence-electron chi connectivity index (χ4n) is 2.90. The Morgan fingerprint density at radius 3 is 2.34 bits per heavy atom. The molecule has 2 rings (SSSR count). The number of amides is 1. The molecule has 29 heavy (non-hydrogen) atoms. The lowest BCUT2D eigenvalue weighted by atomic mass is 9.91. The van der Waals surface area contributed by atoms with Gasteiger partial charge in [-0.3, -0.25) is 10.3 Å². The summed E-state index contributed by atoms with van der Waals surface area (Å²) in [6.07, 6.45) is -0.900. The number of carbonyl (C=O) groups excluding carboxylic acids is 1. The Morgan fingerprint density at radius 2 is 1.83 bits per heavy atom. The SMILES string of the molecule is CC(C)(C)OC(=O)NC1=N[C@](C)(c2cc(C(=O)O)ccc2F)CS(=O)(=O)C1(C)C. The number of amidine groups is 1. The topological polar surface area (TPSA) is 122 Å². The van der Waals surface area contributed by atoms with Crippen LogP contribution in [0.3, 0.4) is 0 Å². The van der Waals surface area contributed by atoms with Crippen molar-refractivity contribution in [3.05, 3.63) is 35.1 Å². The van der Waals surface area contributed by atoms with Gasteiger partial charge in [0.2, 0.25) is 0 Å². The van der Waals surface area contributed by atoms with Gasteiger partial charge < -0.3 is 9.84 Å². The standard InChI is InChI=1S/C19H25FN2O6S/c1-17(2,3)28-16(25)21-15-18(4,5)29(26,27)10-19(6,22-15)12-9-11(14(23)24)7-8-13(12)20/h7-9H,10H2,1-6H3,(H,23,24)(H,21,22,25)/t19-/m0/s1. The van der Waals surface area contributed by atoms with Gasteiger partial charge in [-0.15, -0.1) is 0 Å². The number of aliphatic imine (C=N–C) groups is 1. The Labute approximate surface area is 169 Å². The number of halogens is 1. The summed E-state index contributed by atoms with van der Waals surface area (Å²) in [5.74, 6) is -2.86. The van der Waals surface area contributed by atoms with Crippen LogP contribution in [0.1, 0.15) is 57.5 Å². The lowest BCUT2D eigenvalue weighted by molar-refractivity contribution is 0.0560. The molecule has 0 aromatic heterocycles. The van der Waals surface area contributed by atoms with Gasteiger partial charge in [-0.2, -0.15) is 0 Å². The van der Waals surface area contributed by atoms with Crippen LogP contribution in [-0.2, 0) is 20.1 Å². The smallest absolute Gasteiger partial charge is 0.413 e. The van der Waals surface area contributed by atoms with Crippen molar-refractivity contribution >= 4 is 27.7 Å². The van der Waals surface area contributed by atoms with E-state index in [4.69, 9.17) is 4.74 Å². The van der Waals surface area contributed by atoms with E-state index in [0.29, 0.717) is 0 Å². The zero-order valence-electron chi connectivity index (χ0n) is 17.2. The highest BCUT2D eigenvalue weighted by atomic mass is 32.2. The number of carboxylic acid groups (broad SMARTS) is 1. The van der Waals surface area contributed by atoms with E-state index in [1.54, 1.807) is 20.8 Å². The molecule has 1 aliphatic heterocycles. The Kier molecular flexibility index (Phi) is 5.57. The van der Waals surface area contributed by atoms with Gasteiger partial charge in [-0.1, -0.05) is 0 Å². The average molecular weight is 428 g/mol. The van der Waals surface area contributed by atoms with Gasteiger partial charge in [0.15, 0.2) is 9.84 Å². The number of carboxylic acids is 1. The number of rotatable bonds is 2. The van der Waals surface area contributed by atoms with E-state index in [2.05, 4.69) is 10.3 Å². The molecule has 0 aliphatic carbocycles. The van der Waals surface area contributed by atoms with E-state index in [-0.39, 0.29) is 17.0 Å². The largest absolute Gasteiger partial charge is 0.478 e. The first-order valence-electron chi connectivity index (χ1n) is 8.84. The molecule has 0 saturated carbocycles. The number of aromatic carboxylic acids is 1. The number of hydrogen-bond acceptors (Lipinski definition) is 6. The van der Waals surface area contributed by atoms with Crippen LogP contribution >= 0.6 is 0 Å². The zero-order chi connectivity index (χ0) is 22.4. The molecule has 1 aliphatic rings. The molecule has 0 unspecified atom stereocenters. The Balaban J connectivity index is 2.62. The maximum absolute atomic E-state index is 14.6. The minimum Gasteiger partial charge on any atom is -0.478 e. The van der Waals surface area contributed by atoms with E-state index >= 15 is 0 Å². The third-order valence-corrected chi connectivity index (χ3v) is 7.28. The van der Waals surface area contributed by atoms with Crippen molar-refractivity contribution in [2.24, 2.45) is 4.99 Å². The molecule has 0 spiro atoms. The van der Waals surface area contributed by atoms with Crippen molar-refractivity contribution in [1.82, 2.24) is 5.32 Å². The number of nitrogens with one attached hydrogen (secondary N) is 1. The van der Waals surface area contributed by atoms with Crippen molar-refractivity contribution in [3.63, 3.8) is 0 Å². The lowest BCUT2D eigenvalue weighted by Crippen LogP contribution is -2.58. The highest BCUT2D eigenvalue weighted by Crippen LogP contribution is 2.38. The van der Waals surface area contributed by atoms with Crippen LogP contribution in [0.4, 0.5) is 9.18 Å². The summed E-state index contributed by atoms with van der Waals surface area (Å²) in [5, 5.41) is 11.6. The highest BCUT2D eigenvalue weighted by molar-refractivity contribution is 7.93. The number of nitrogens with zero attached hydrogens (tertiary/aromatic N) is 1. The first-order chi connectivity index (χ1) is 13.0. The minimum atomic E-state index is -3.92. The summed E-state index contributed by atoms with van der Waals surface area (Å²) in [4.78, 5) is 27.9. The predicted molar refractivity (Wildman–Crippen MR) is 105 cm³/mol. The van der Waals surface area contributed by atoms with Crippen LogP contribution < -0.4 is 5.32 Å². The summed E-state index contributed by atoms with van der Waals surface area (Å²) in [7, 11) is -3.92. The fraction of sp³-hybridized carbons (Fsp3) is 0.526. The fourth-order valence-corrected chi connectivity index (χ4v) is 4.61. The maximum atomic E-state index is 14.6. The van der Waals surface area contributed by atoms with Crippen molar-refractivity contribution < 1.29 is 32.2 Å². The van der Waals surface area contributed by atoms with Crippen molar-refractivity contribution in [3.8, 4) is 0 Å². The van der Waals surface area contributed by atoms with Gasteiger partial charge in [-0.25, -0.2) is 22.4 Å². The van der Waals surface area contributed by atoms with Crippen molar-refractivity contribution in [1.29, 1.82) is 0 Å². The summed E-state index contributed by atoms with van der Waals surface area (Å²) in [5.41, 5.74) is -2.87. The molecule has 0 radical (unpaired) electrons. The van der Waals surface area contributed by atoms with Gasteiger partial charge >= 0.3 is 12.1 Å². The molecule has 2 N–H and O–H groups in total. The second kappa shape index (κ2) is 7.08. The summed E-state index contributed by atoms with van der Waals surface area (Å²) < 4.78 is 44.1. The third-order valence-electron chi connectivity index (χ3n) is 4.59. The van der Waals surface area contributed by atoms with E-state index in [9.17, 15) is 27.5 Å². The molecule has 1 amide bonds. The summed E-state index contributed by atoms with van der Waals surface area (Å²) >= 11 is 0. The zero-order valence-corrected chi connectivity index (χ0v) is 18.0. The van der Waals surface area contributed by atoms with Crippen molar-refractivity contribution in [2.45, 2.75) is 57.4 Å². The van der Waals surface area contributed by atoms with Gasteiger partial charge in [0, 0.05) is 5.56 Å². The summed E-state index contributed by atoms with van der Waals surface area (Å²) in [6, 6.07) is 3.09. The Hall–Kier alpha value is -2.49. The van der Waals surface area contributed by atoms with Crippen molar-refractivity contribution in [2.75, 3.05) is 5.75 Å². The monoisotopic (exact) mass is 428 g/mol. The first-order valence-corrected chi connectivity index (χ1v) is 10.5. The second-order valence-electron chi connectivity index (χ2n) is 8.63. The molecule has 1 aromatic rings. The average Bonchev–Trinajstić information content (AvgIpc) is 2.50. The second-order valence-corrected chi connectivity index (χ2v) is 11.2. The molecule has 1 heterocycles. The number of hydrogen-bond donors (Lipinski definition) is 2. The molecule has 0 saturated heterocycles. The van der Waals surface area contributed by atoms with Gasteiger partial charge in [0.25, 0.3) is 0 Å². The molecule has 1 atom stereocenters. The van der Waals surface area contributed by atoms with Crippen LogP contribution in [-0.4, -0.2) is 47.5 Å². The number of sulfone groups is 1. The number of benzene rings is 1. The number of alkyl carbamates (subject to hydrolysis) is 1. The highest BCUT2D eigenvalue weighted by Gasteiger charge is 2.51. The van der Waals surface area contributed by atoms with Crippen LogP contribution in [0.25, 0.3) is 0 Å². The molecule has 160 valence electrons. The third kappa shape index (κ3) is 4.58. The molecular weight excluding hydrogens is 403 g/mol. The molecule has 10 heteroatoms. The van der Waals surface area contributed by atoms with Crippen LogP contribution in [0.5, 0.6) is 0 Å². The predicted octanol–water partition coefficient (Wildman–Crippen LogP) is 2.87. The molecule has 0 fully saturated rings. The van der Waals surface area contributed by atoms with Gasteiger partial charge in [-0.05, 0) is 59.7 Å². The normalized spacial score (nSPS) is 23.1. The molecule has 0 bridgehead atoms. The maximum Gasteiger partial charge on any atom is 0.413 e. The van der Waals surface area contributed by atoms with E-state index in [1.807, 2.05) is 0 Å². The molecule has 8 nitrogen and oxygen atoms in total. The van der Waals surface area contributed by atoms with Crippen LogP contribution in [0.2, 0.25) is 0 Å². The van der Waals surface area contributed by atoms with Gasteiger partial charge in [0.05, 0.1) is 11.3 Å². The van der Waals surface area contributed by atoms with Crippen LogP contribution in [0, 0.1) is 5.82 Å². The van der Waals surface area contributed by atoms with E-state index in [0.717, 1.165) is 18.2 Å². The Morgan fingerprint density at radius 1 is 1.24 bits per heavy atom. The first kappa shape index (κ1) is 22.8. The summed E-state index contributed by atoms with van der Waals surface area (Å²) in [6.45, 7) is 9.07. The van der Waals surface area contributed by atoms with Gasteiger partial charge in [0.1, 0.15) is 27.5 Å². The number of carbonyl (C=O) groups is 2.